The molecule has 0 bridgehead atoms. The molecule has 4 atom stereocenters. The molecule has 0 radical (unpaired) electrons. The van der Waals surface area contributed by atoms with E-state index in [1.807, 2.05) is 54.6 Å². The first kappa shape index (κ1) is 37.6. The van der Waals surface area contributed by atoms with Crippen molar-refractivity contribution in [1.82, 2.24) is 25.2 Å². The molecule has 2 aromatic rings. The summed E-state index contributed by atoms with van der Waals surface area (Å²) in [7, 11) is -3.91. The van der Waals surface area contributed by atoms with E-state index in [-0.39, 0.29) is 38.8 Å². The average molecular weight is 764 g/mol. The van der Waals surface area contributed by atoms with Gasteiger partial charge in [-0.3, -0.25) is 19.1 Å². The van der Waals surface area contributed by atoms with Crippen LogP contribution in [0.4, 0.5) is 9.59 Å². The third-order valence-corrected chi connectivity index (χ3v) is 13.1. The lowest BCUT2D eigenvalue weighted by atomic mass is 10.0. The topological polar surface area (TPSA) is 181 Å². The SMILES string of the molecule is O=C(N[C@H]1CCCCC/C=C/C2C[C@]2(C(=O)NS(=O)(=O)C2CC2)NC(=O)[C@@H]2CN(C(=O)OCc3cccc4ccccc34)CCN2C1=O)OC1CCCC1. The molecule has 15 heteroatoms. The second-order valence-corrected chi connectivity index (χ2v) is 17.2. The lowest BCUT2D eigenvalue weighted by molar-refractivity contribution is -0.146. The van der Waals surface area contributed by atoms with Crippen LogP contribution in [-0.4, -0.2) is 96.7 Å². The molecule has 2 aromatic carbocycles. The molecule has 4 fully saturated rings. The van der Waals surface area contributed by atoms with E-state index in [1.165, 1.54) is 9.80 Å². The number of hydrogen-bond acceptors (Lipinski definition) is 9. The number of benzene rings is 2. The molecule has 7 rings (SSSR count). The van der Waals surface area contributed by atoms with Crippen molar-refractivity contribution in [2.24, 2.45) is 5.92 Å². The highest BCUT2D eigenvalue weighted by Gasteiger charge is 2.62. The summed E-state index contributed by atoms with van der Waals surface area (Å²) in [5.74, 6) is -2.50. The summed E-state index contributed by atoms with van der Waals surface area (Å²) in [6, 6.07) is 11.2. The van der Waals surface area contributed by atoms with Crippen LogP contribution >= 0.6 is 0 Å². The normalized spacial score (nSPS) is 27.4. The number of ether oxygens (including phenoxy) is 2. The van der Waals surface area contributed by atoms with Gasteiger partial charge in [-0.2, -0.15) is 0 Å². The van der Waals surface area contributed by atoms with Crippen LogP contribution in [0.1, 0.15) is 82.6 Å². The van der Waals surface area contributed by atoms with Crippen LogP contribution in [0.15, 0.2) is 54.6 Å². The summed E-state index contributed by atoms with van der Waals surface area (Å²) >= 11 is 0. The number of carbonyl (C=O) groups excluding carboxylic acids is 5. The fraction of sp³-hybridized carbons (Fsp3) is 0.564. The van der Waals surface area contributed by atoms with Crippen molar-refractivity contribution in [1.29, 1.82) is 0 Å². The molecule has 0 aromatic heterocycles. The first-order chi connectivity index (χ1) is 26.0. The van der Waals surface area contributed by atoms with Gasteiger partial charge in [0.1, 0.15) is 30.3 Å². The van der Waals surface area contributed by atoms with E-state index in [0.717, 1.165) is 54.9 Å². The van der Waals surface area contributed by atoms with Gasteiger partial charge in [0.25, 0.3) is 5.91 Å². The van der Waals surface area contributed by atoms with E-state index in [2.05, 4.69) is 15.4 Å². The molecule has 1 saturated heterocycles. The highest BCUT2D eigenvalue weighted by Crippen LogP contribution is 2.46. The Morgan fingerprint density at radius 3 is 2.46 bits per heavy atom. The monoisotopic (exact) mass is 763 g/mol. The number of rotatable bonds is 7. The molecule has 290 valence electrons. The highest BCUT2D eigenvalue weighted by atomic mass is 32.2. The van der Waals surface area contributed by atoms with Gasteiger partial charge in [0.15, 0.2) is 0 Å². The third-order valence-electron chi connectivity index (χ3n) is 11.3. The van der Waals surface area contributed by atoms with Crippen LogP contribution in [0.25, 0.3) is 10.8 Å². The number of amides is 5. The molecule has 3 saturated carbocycles. The Bertz CT molecular complexity index is 1900. The van der Waals surface area contributed by atoms with E-state index in [1.54, 1.807) is 0 Å². The van der Waals surface area contributed by atoms with Gasteiger partial charge in [-0.25, -0.2) is 18.0 Å². The lowest BCUT2D eigenvalue weighted by Gasteiger charge is -2.41. The average Bonchev–Trinajstić information content (AvgIpc) is 4.08. The van der Waals surface area contributed by atoms with Crippen molar-refractivity contribution in [3.05, 3.63) is 60.2 Å². The van der Waals surface area contributed by atoms with Crippen molar-refractivity contribution in [2.45, 2.75) is 113 Å². The fourth-order valence-electron chi connectivity index (χ4n) is 7.89. The standard InChI is InChI=1S/C39H49N5O9S/c45-34-33-24-43(38(49)52-25-27-13-10-12-26-11-6-9-17-31(26)27)21-22-44(33)35(46)32(40-37(48)53-29-15-7-8-16-29)18-5-3-1-2-4-14-28-23-39(28,41-34)36(47)42-54(50,51)30-19-20-30/h4,6,9-14,17,28-30,32-33H,1-3,5,7-8,15-16,18-25H2,(H,40,48)(H,41,45)(H,42,47)/b14-4+/t28?,32-,33-,39-/m0/s1. The van der Waals surface area contributed by atoms with Crippen LogP contribution in [0.3, 0.4) is 0 Å². The molecule has 2 aliphatic heterocycles. The summed E-state index contributed by atoms with van der Waals surface area (Å²) in [6.07, 6.45) is 9.92. The molecule has 3 N–H and O–H groups in total. The van der Waals surface area contributed by atoms with Crippen LogP contribution in [0, 0.1) is 5.92 Å². The molecule has 2 heterocycles. The first-order valence-electron chi connectivity index (χ1n) is 19.2. The van der Waals surface area contributed by atoms with Gasteiger partial charge in [-0.15, -0.1) is 0 Å². The summed E-state index contributed by atoms with van der Waals surface area (Å²) in [5, 5.41) is 6.89. The maximum atomic E-state index is 14.4. The minimum absolute atomic E-state index is 0.0158. The van der Waals surface area contributed by atoms with Crippen molar-refractivity contribution < 1.29 is 41.9 Å². The Kier molecular flexibility index (Phi) is 11.1. The maximum Gasteiger partial charge on any atom is 0.410 e. The maximum absolute atomic E-state index is 14.4. The van der Waals surface area contributed by atoms with Crippen molar-refractivity contribution >= 4 is 50.7 Å². The first-order valence-corrected chi connectivity index (χ1v) is 20.8. The van der Waals surface area contributed by atoms with Gasteiger partial charge in [0, 0.05) is 19.0 Å². The van der Waals surface area contributed by atoms with Gasteiger partial charge in [0.2, 0.25) is 21.8 Å². The third kappa shape index (κ3) is 8.50. The number of piperazine rings is 1. The van der Waals surface area contributed by atoms with Gasteiger partial charge in [-0.1, -0.05) is 67.5 Å². The number of nitrogens with one attached hydrogen (secondary N) is 3. The van der Waals surface area contributed by atoms with E-state index in [9.17, 15) is 32.4 Å². The quantitative estimate of drug-likeness (QED) is 0.351. The Morgan fingerprint density at radius 2 is 1.67 bits per heavy atom. The van der Waals surface area contributed by atoms with E-state index >= 15 is 0 Å². The Morgan fingerprint density at radius 1 is 0.907 bits per heavy atom. The molecule has 14 nitrogen and oxygen atoms in total. The highest BCUT2D eigenvalue weighted by molar-refractivity contribution is 7.91. The Hall–Kier alpha value is -4.66. The van der Waals surface area contributed by atoms with Crippen LogP contribution in [0.2, 0.25) is 0 Å². The number of carbonyl (C=O) groups is 5. The minimum Gasteiger partial charge on any atom is -0.446 e. The lowest BCUT2D eigenvalue weighted by Crippen LogP contribution is -2.66. The van der Waals surface area contributed by atoms with Gasteiger partial charge < -0.3 is 29.9 Å². The predicted octanol–water partition coefficient (Wildman–Crippen LogP) is 4.03. The Labute approximate surface area is 315 Å². The second kappa shape index (κ2) is 16.0. The fourth-order valence-corrected chi connectivity index (χ4v) is 9.26. The molecule has 54 heavy (non-hydrogen) atoms. The largest absolute Gasteiger partial charge is 0.446 e. The number of nitrogens with zero attached hydrogens (tertiary/aromatic N) is 2. The van der Waals surface area contributed by atoms with Gasteiger partial charge >= 0.3 is 12.2 Å². The number of alkyl carbamates (subject to hydrolysis) is 1. The van der Waals surface area contributed by atoms with E-state index in [4.69, 9.17) is 9.47 Å². The van der Waals surface area contributed by atoms with E-state index in [0.29, 0.717) is 32.1 Å². The Balaban J connectivity index is 1.13. The zero-order valence-electron chi connectivity index (χ0n) is 30.4. The summed E-state index contributed by atoms with van der Waals surface area (Å²) in [6.45, 7) is -0.254. The number of sulfonamides is 1. The summed E-state index contributed by atoms with van der Waals surface area (Å²) in [5.41, 5.74) is -0.744. The van der Waals surface area contributed by atoms with Crippen molar-refractivity contribution in [3.8, 4) is 0 Å². The molecule has 0 spiro atoms. The zero-order valence-corrected chi connectivity index (χ0v) is 31.2. The molecular formula is C39H49N5O9S. The summed E-state index contributed by atoms with van der Waals surface area (Å²) in [4.78, 5) is 71.8. The van der Waals surface area contributed by atoms with Crippen LogP contribution in [0.5, 0.6) is 0 Å². The molecule has 5 aliphatic rings. The number of fused-ring (bicyclic) bond motifs is 3. The smallest absolute Gasteiger partial charge is 0.410 e. The van der Waals surface area contributed by atoms with Crippen molar-refractivity contribution in [2.75, 3.05) is 19.6 Å². The second-order valence-electron chi connectivity index (χ2n) is 15.2. The van der Waals surface area contributed by atoms with Gasteiger partial charge in [0.05, 0.1) is 11.8 Å². The number of hydrogen-bond donors (Lipinski definition) is 3. The molecule has 3 aliphatic carbocycles. The zero-order chi connectivity index (χ0) is 37.9. The van der Waals surface area contributed by atoms with E-state index < -0.39 is 68.7 Å². The summed E-state index contributed by atoms with van der Waals surface area (Å²) < 4.78 is 39.2. The number of allylic oxidation sites excluding steroid dienone is 1. The molecule has 1 unspecified atom stereocenters. The van der Waals surface area contributed by atoms with Crippen molar-refractivity contribution in [3.63, 3.8) is 0 Å². The molecular weight excluding hydrogens is 715 g/mol. The minimum atomic E-state index is -3.91. The predicted molar refractivity (Wildman–Crippen MR) is 198 cm³/mol. The van der Waals surface area contributed by atoms with Gasteiger partial charge in [-0.05, 0) is 80.5 Å². The van der Waals surface area contributed by atoms with Crippen LogP contribution < -0.4 is 15.4 Å². The molecule has 5 amide bonds. The van der Waals surface area contributed by atoms with Crippen LogP contribution in [-0.2, 0) is 40.5 Å².